The zero-order chi connectivity index (χ0) is 16.8. The Morgan fingerprint density at radius 2 is 1.83 bits per heavy atom. The second-order valence-electron chi connectivity index (χ2n) is 5.19. The van der Waals surface area contributed by atoms with E-state index in [9.17, 15) is 0 Å². The van der Waals surface area contributed by atoms with E-state index in [2.05, 4.69) is 34.7 Å². The molecule has 0 aliphatic rings. The lowest BCUT2D eigenvalue weighted by Gasteiger charge is -2.11. The van der Waals surface area contributed by atoms with Crippen molar-refractivity contribution in [3.63, 3.8) is 0 Å². The third kappa shape index (κ3) is 10.7. The van der Waals surface area contributed by atoms with Gasteiger partial charge in [-0.3, -0.25) is 4.99 Å². The molecule has 0 unspecified atom stereocenters. The summed E-state index contributed by atoms with van der Waals surface area (Å²) >= 11 is 0. The van der Waals surface area contributed by atoms with Crippen molar-refractivity contribution in [3.8, 4) is 5.75 Å². The summed E-state index contributed by atoms with van der Waals surface area (Å²) in [6.45, 7) is 8.23. The van der Waals surface area contributed by atoms with Gasteiger partial charge in [-0.25, -0.2) is 0 Å². The Hall–Kier alpha value is -1.02. The zero-order valence-corrected chi connectivity index (χ0v) is 17.5. The van der Waals surface area contributed by atoms with E-state index in [1.165, 1.54) is 5.56 Å². The van der Waals surface area contributed by atoms with E-state index in [1.807, 2.05) is 19.1 Å². The van der Waals surface area contributed by atoms with Crippen molar-refractivity contribution in [2.75, 3.05) is 40.0 Å². The first kappa shape index (κ1) is 23.0. The van der Waals surface area contributed by atoms with Crippen LogP contribution in [0.5, 0.6) is 5.75 Å². The molecule has 24 heavy (non-hydrogen) atoms. The van der Waals surface area contributed by atoms with Crippen molar-refractivity contribution >= 4 is 29.9 Å². The van der Waals surface area contributed by atoms with Gasteiger partial charge in [0, 0.05) is 32.8 Å². The lowest BCUT2D eigenvalue weighted by Crippen LogP contribution is -2.38. The fourth-order valence-corrected chi connectivity index (χ4v) is 2.13. The number of benzene rings is 1. The summed E-state index contributed by atoms with van der Waals surface area (Å²) in [5, 5.41) is 6.60. The quantitative estimate of drug-likeness (QED) is 0.236. The molecule has 138 valence electrons. The number of rotatable bonds is 11. The first-order valence-corrected chi connectivity index (χ1v) is 8.53. The summed E-state index contributed by atoms with van der Waals surface area (Å²) in [7, 11) is 1.69. The van der Waals surface area contributed by atoms with Gasteiger partial charge >= 0.3 is 0 Å². The number of methoxy groups -OCH3 is 1. The third-order valence-electron chi connectivity index (χ3n) is 3.36. The summed E-state index contributed by atoms with van der Waals surface area (Å²) in [4.78, 5) is 4.61. The molecule has 2 N–H and O–H groups in total. The fourth-order valence-electron chi connectivity index (χ4n) is 2.13. The Morgan fingerprint density at radius 3 is 2.46 bits per heavy atom. The molecule has 1 aromatic rings. The molecule has 1 rings (SSSR count). The Kier molecular flexibility index (Phi) is 14.8. The van der Waals surface area contributed by atoms with E-state index >= 15 is 0 Å². The summed E-state index contributed by atoms with van der Waals surface area (Å²) in [6.07, 6.45) is 3.04. The molecule has 0 amide bonds. The van der Waals surface area contributed by atoms with Crippen molar-refractivity contribution in [1.82, 2.24) is 10.6 Å². The molecule has 0 aromatic heterocycles. The standard InChI is InChI=1S/C18H31N3O2.HI/c1-4-19-18(21-14-7-15-23-5-2)20-13-6-8-16-9-11-17(22-3)12-10-16;/h9-12H,4-8,13-15H2,1-3H3,(H2,19,20,21);1H. The minimum atomic E-state index is 0. The number of hydrogen-bond acceptors (Lipinski definition) is 3. The molecule has 0 saturated carbocycles. The monoisotopic (exact) mass is 449 g/mol. The average molecular weight is 449 g/mol. The molecule has 0 saturated heterocycles. The highest BCUT2D eigenvalue weighted by atomic mass is 127. The van der Waals surface area contributed by atoms with Crippen LogP contribution in [0, 0.1) is 0 Å². The molecule has 0 atom stereocenters. The first-order chi connectivity index (χ1) is 11.3. The number of hydrogen-bond donors (Lipinski definition) is 2. The van der Waals surface area contributed by atoms with E-state index in [1.54, 1.807) is 7.11 Å². The van der Waals surface area contributed by atoms with Gasteiger partial charge < -0.3 is 20.1 Å². The van der Waals surface area contributed by atoms with Gasteiger partial charge in [0.05, 0.1) is 7.11 Å². The highest BCUT2D eigenvalue weighted by Gasteiger charge is 1.98. The molecule has 0 fully saturated rings. The van der Waals surface area contributed by atoms with Crippen LogP contribution in [-0.2, 0) is 11.2 Å². The molecule has 0 spiro atoms. The second-order valence-corrected chi connectivity index (χ2v) is 5.19. The summed E-state index contributed by atoms with van der Waals surface area (Å²) in [5.41, 5.74) is 1.32. The Labute approximate surface area is 163 Å². The largest absolute Gasteiger partial charge is 0.497 e. The van der Waals surface area contributed by atoms with E-state index < -0.39 is 0 Å². The number of nitrogens with one attached hydrogen (secondary N) is 2. The Balaban J connectivity index is 0.00000529. The summed E-state index contributed by atoms with van der Waals surface area (Å²) in [5.74, 6) is 1.79. The van der Waals surface area contributed by atoms with Crippen LogP contribution in [0.1, 0.15) is 32.3 Å². The number of aliphatic imine (C=N–C) groups is 1. The number of guanidine groups is 1. The minimum Gasteiger partial charge on any atom is -0.497 e. The van der Waals surface area contributed by atoms with Crippen LogP contribution in [0.15, 0.2) is 29.3 Å². The number of nitrogens with zero attached hydrogens (tertiary/aromatic N) is 1. The Bertz CT molecular complexity index is 438. The van der Waals surface area contributed by atoms with Crippen LogP contribution < -0.4 is 15.4 Å². The van der Waals surface area contributed by atoms with Gasteiger partial charge in [-0.15, -0.1) is 24.0 Å². The van der Waals surface area contributed by atoms with Crippen molar-refractivity contribution < 1.29 is 9.47 Å². The van der Waals surface area contributed by atoms with Crippen LogP contribution >= 0.6 is 24.0 Å². The molecule has 0 aliphatic carbocycles. The van der Waals surface area contributed by atoms with Gasteiger partial charge in [0.2, 0.25) is 0 Å². The normalized spacial score (nSPS) is 10.9. The van der Waals surface area contributed by atoms with E-state index in [0.29, 0.717) is 0 Å². The molecule has 0 bridgehead atoms. The molecule has 1 aromatic carbocycles. The van der Waals surface area contributed by atoms with Gasteiger partial charge in [0.25, 0.3) is 0 Å². The van der Waals surface area contributed by atoms with Gasteiger partial charge in [-0.1, -0.05) is 12.1 Å². The summed E-state index contributed by atoms with van der Waals surface area (Å²) in [6, 6.07) is 8.23. The van der Waals surface area contributed by atoms with Gasteiger partial charge in [-0.05, 0) is 50.8 Å². The third-order valence-corrected chi connectivity index (χ3v) is 3.36. The lowest BCUT2D eigenvalue weighted by molar-refractivity contribution is 0.145. The maximum absolute atomic E-state index is 5.33. The lowest BCUT2D eigenvalue weighted by atomic mass is 10.1. The SMILES string of the molecule is CCNC(=NCCCc1ccc(OC)cc1)NCCCOCC.I. The summed E-state index contributed by atoms with van der Waals surface area (Å²) < 4.78 is 10.5. The van der Waals surface area contributed by atoms with Gasteiger partial charge in [0.1, 0.15) is 5.75 Å². The molecule has 0 radical (unpaired) electrons. The fraction of sp³-hybridized carbons (Fsp3) is 0.611. The van der Waals surface area contributed by atoms with Crippen LogP contribution in [0.4, 0.5) is 0 Å². The zero-order valence-electron chi connectivity index (χ0n) is 15.1. The first-order valence-electron chi connectivity index (χ1n) is 8.53. The van der Waals surface area contributed by atoms with Crippen LogP contribution in [-0.4, -0.2) is 45.9 Å². The Morgan fingerprint density at radius 1 is 1.08 bits per heavy atom. The van der Waals surface area contributed by atoms with Crippen LogP contribution in [0.25, 0.3) is 0 Å². The predicted molar refractivity (Wildman–Crippen MR) is 112 cm³/mol. The topological polar surface area (TPSA) is 54.9 Å². The molecule has 6 heteroatoms. The van der Waals surface area contributed by atoms with Crippen LogP contribution in [0.3, 0.4) is 0 Å². The van der Waals surface area contributed by atoms with Crippen molar-refractivity contribution in [2.24, 2.45) is 4.99 Å². The van der Waals surface area contributed by atoms with Gasteiger partial charge in [0.15, 0.2) is 5.96 Å². The van der Waals surface area contributed by atoms with Crippen molar-refractivity contribution in [2.45, 2.75) is 33.1 Å². The highest BCUT2D eigenvalue weighted by Crippen LogP contribution is 2.12. The highest BCUT2D eigenvalue weighted by molar-refractivity contribution is 14.0. The van der Waals surface area contributed by atoms with Crippen molar-refractivity contribution in [3.05, 3.63) is 29.8 Å². The number of ether oxygens (including phenoxy) is 2. The molecule has 0 aliphatic heterocycles. The average Bonchev–Trinajstić information content (AvgIpc) is 2.59. The molecular formula is C18H32IN3O2. The van der Waals surface area contributed by atoms with E-state index in [0.717, 1.165) is 63.8 Å². The second kappa shape index (κ2) is 15.5. The molecular weight excluding hydrogens is 417 g/mol. The smallest absolute Gasteiger partial charge is 0.191 e. The van der Waals surface area contributed by atoms with E-state index in [-0.39, 0.29) is 24.0 Å². The number of halogens is 1. The predicted octanol–water partition coefficient (Wildman–Crippen LogP) is 3.23. The minimum absolute atomic E-state index is 0. The van der Waals surface area contributed by atoms with Crippen LogP contribution in [0.2, 0.25) is 0 Å². The van der Waals surface area contributed by atoms with Crippen molar-refractivity contribution in [1.29, 1.82) is 0 Å². The van der Waals surface area contributed by atoms with Gasteiger partial charge in [-0.2, -0.15) is 0 Å². The number of aryl methyl sites for hydroxylation is 1. The molecule has 5 nitrogen and oxygen atoms in total. The van der Waals surface area contributed by atoms with E-state index in [4.69, 9.17) is 9.47 Å². The maximum Gasteiger partial charge on any atom is 0.191 e. The maximum atomic E-state index is 5.33. The molecule has 0 heterocycles.